The smallest absolute Gasteiger partial charge is 0.449 e. The van der Waals surface area contributed by atoms with Crippen molar-refractivity contribution in [1.29, 1.82) is 0 Å². The molecule has 0 atom stereocenters. The Labute approximate surface area is 124 Å². The van der Waals surface area contributed by atoms with Crippen LogP contribution in [0.5, 0.6) is 0 Å². The van der Waals surface area contributed by atoms with Gasteiger partial charge < -0.3 is 17.8 Å². The van der Waals surface area contributed by atoms with Crippen LogP contribution in [0.4, 0.5) is 12.9 Å². The average molecular weight is 233 g/mol. The molecule has 1 heterocycles. The van der Waals surface area contributed by atoms with Crippen LogP contribution in [-0.2, 0) is 4.79 Å². The molecule has 14 heavy (non-hydrogen) atoms. The Morgan fingerprint density at radius 1 is 1.29 bits per heavy atom. The summed E-state index contributed by atoms with van der Waals surface area (Å²) < 4.78 is 36.7. The van der Waals surface area contributed by atoms with E-state index in [9.17, 15) is 17.7 Å². The maximum absolute atomic E-state index is 12.2. The van der Waals surface area contributed by atoms with Crippen LogP contribution < -0.4 is 51.4 Å². The van der Waals surface area contributed by atoms with E-state index in [2.05, 4.69) is 0 Å². The van der Waals surface area contributed by atoms with Gasteiger partial charge in [-0.3, -0.25) is 4.79 Å². The van der Waals surface area contributed by atoms with Crippen molar-refractivity contribution in [3.05, 3.63) is 0 Å². The number of likely N-dealkylation sites (tertiary alicyclic amines) is 1. The molecule has 0 unspecified atom stereocenters. The SMILES string of the molecule is CC(=O)N1CCC([B-](F)(F)F)CC1.[K+]. The van der Waals surface area contributed by atoms with Crippen LogP contribution in [0, 0.1) is 0 Å². The summed E-state index contributed by atoms with van der Waals surface area (Å²) >= 11 is 0. The van der Waals surface area contributed by atoms with Crippen molar-refractivity contribution in [3.63, 3.8) is 0 Å². The van der Waals surface area contributed by atoms with Gasteiger partial charge in [-0.2, -0.15) is 0 Å². The molecule has 1 aliphatic heterocycles. The van der Waals surface area contributed by atoms with Crippen molar-refractivity contribution in [2.75, 3.05) is 13.1 Å². The van der Waals surface area contributed by atoms with E-state index < -0.39 is 12.8 Å². The average Bonchev–Trinajstić information content (AvgIpc) is 2.03. The standard InChI is InChI=1S/C7H12BF3NO.K/c1-6(13)12-4-2-7(3-5-12)8(9,10)11;/h7H,2-5H2,1H3;/q-1;+1. The molecule has 0 aromatic heterocycles. The Morgan fingerprint density at radius 2 is 1.71 bits per heavy atom. The van der Waals surface area contributed by atoms with Crippen molar-refractivity contribution in [3.8, 4) is 0 Å². The number of amides is 1. The number of piperidine rings is 1. The van der Waals surface area contributed by atoms with E-state index in [1.54, 1.807) is 0 Å². The van der Waals surface area contributed by atoms with Crippen molar-refractivity contribution in [2.24, 2.45) is 0 Å². The monoisotopic (exact) mass is 233 g/mol. The maximum atomic E-state index is 12.2. The predicted molar refractivity (Wildman–Crippen MR) is 44.3 cm³/mol. The van der Waals surface area contributed by atoms with Gasteiger partial charge >= 0.3 is 58.4 Å². The molecule has 0 spiro atoms. The first kappa shape index (κ1) is 15.0. The molecule has 7 heteroatoms. The summed E-state index contributed by atoms with van der Waals surface area (Å²) in [7, 11) is 0. The van der Waals surface area contributed by atoms with Crippen molar-refractivity contribution < 1.29 is 69.1 Å². The first-order valence-electron chi connectivity index (χ1n) is 4.36. The molecule has 2 nitrogen and oxygen atoms in total. The zero-order valence-corrected chi connectivity index (χ0v) is 11.6. The van der Waals surface area contributed by atoms with Gasteiger partial charge in [-0.15, -0.1) is 0 Å². The number of rotatable bonds is 1. The summed E-state index contributed by atoms with van der Waals surface area (Å²) in [5.74, 6) is -1.29. The topological polar surface area (TPSA) is 20.3 Å². The molecule has 0 aliphatic carbocycles. The predicted octanol–water partition coefficient (Wildman–Crippen LogP) is -1.15. The largest absolute Gasteiger partial charge is 1.00 e. The van der Waals surface area contributed by atoms with Gasteiger partial charge in [0.1, 0.15) is 0 Å². The maximum Gasteiger partial charge on any atom is 1.00 e. The molecule has 0 aromatic carbocycles. The van der Waals surface area contributed by atoms with E-state index in [0.717, 1.165) is 0 Å². The number of halogens is 3. The second-order valence-corrected chi connectivity index (χ2v) is 3.47. The molecule has 1 rings (SSSR count). The Morgan fingerprint density at radius 3 is 2.00 bits per heavy atom. The van der Waals surface area contributed by atoms with Crippen molar-refractivity contribution >= 4 is 12.9 Å². The number of carbonyl (C=O) groups excluding carboxylic acids is 1. The third-order valence-corrected chi connectivity index (χ3v) is 2.52. The zero-order valence-electron chi connectivity index (χ0n) is 8.47. The second kappa shape index (κ2) is 5.89. The minimum atomic E-state index is -4.71. The molecule has 0 N–H and O–H groups in total. The first-order chi connectivity index (χ1) is 5.91. The molecule has 0 aromatic rings. The van der Waals surface area contributed by atoms with Gasteiger partial charge in [-0.1, -0.05) is 18.7 Å². The van der Waals surface area contributed by atoms with Crippen molar-refractivity contribution in [2.45, 2.75) is 25.6 Å². The summed E-state index contributed by atoms with van der Waals surface area (Å²) in [5, 5.41) is 0. The quantitative estimate of drug-likeness (QED) is 0.524. The third kappa shape index (κ3) is 4.22. The molecule has 0 bridgehead atoms. The van der Waals surface area contributed by atoms with E-state index in [0.29, 0.717) is 0 Å². The molecule has 1 amide bonds. The van der Waals surface area contributed by atoms with E-state index in [1.165, 1.54) is 11.8 Å². The van der Waals surface area contributed by atoms with E-state index in [1.807, 2.05) is 0 Å². The van der Waals surface area contributed by atoms with Gasteiger partial charge in [-0.05, 0) is 0 Å². The van der Waals surface area contributed by atoms with Gasteiger partial charge in [0.2, 0.25) is 5.91 Å². The molecule has 1 saturated heterocycles. The molecule has 76 valence electrons. The Balaban J connectivity index is 0.00000169. The number of carbonyl (C=O) groups is 1. The number of hydrogen-bond acceptors (Lipinski definition) is 1. The normalized spacial score (nSPS) is 19.0. The van der Waals surface area contributed by atoms with Crippen LogP contribution in [0.1, 0.15) is 19.8 Å². The number of nitrogens with zero attached hydrogens (tertiary/aromatic N) is 1. The van der Waals surface area contributed by atoms with E-state index in [4.69, 9.17) is 0 Å². The fourth-order valence-electron chi connectivity index (χ4n) is 1.59. The molecular formula is C7H12BF3KNO. The molecule has 1 fully saturated rings. The summed E-state index contributed by atoms with van der Waals surface area (Å²) in [6.45, 7) is -2.82. The van der Waals surface area contributed by atoms with E-state index >= 15 is 0 Å². The minimum Gasteiger partial charge on any atom is -0.449 e. The third-order valence-electron chi connectivity index (χ3n) is 2.52. The fourth-order valence-corrected chi connectivity index (χ4v) is 1.59. The van der Waals surface area contributed by atoms with Gasteiger partial charge in [-0.25, -0.2) is 0 Å². The van der Waals surface area contributed by atoms with Gasteiger partial charge in [0, 0.05) is 20.0 Å². The zero-order chi connectivity index (χ0) is 10.1. The van der Waals surface area contributed by atoms with Crippen molar-refractivity contribution in [1.82, 2.24) is 4.90 Å². The van der Waals surface area contributed by atoms with E-state index in [-0.39, 0.29) is 83.2 Å². The Bertz CT molecular complexity index is 204. The van der Waals surface area contributed by atoms with Crippen LogP contribution in [0.15, 0.2) is 0 Å². The van der Waals surface area contributed by atoms with Crippen LogP contribution in [0.25, 0.3) is 0 Å². The van der Waals surface area contributed by atoms with Crippen LogP contribution in [0.3, 0.4) is 0 Å². The summed E-state index contributed by atoms with van der Waals surface area (Å²) in [5.41, 5.74) is 0. The Hall–Kier alpha value is 0.961. The van der Waals surface area contributed by atoms with Crippen LogP contribution in [-0.4, -0.2) is 30.9 Å². The summed E-state index contributed by atoms with van der Waals surface area (Å²) in [6.07, 6.45) is 0.145. The van der Waals surface area contributed by atoms with Crippen LogP contribution in [0.2, 0.25) is 5.82 Å². The Kier molecular flexibility index (Phi) is 6.29. The van der Waals surface area contributed by atoms with Gasteiger partial charge in [0.05, 0.1) is 0 Å². The summed E-state index contributed by atoms with van der Waals surface area (Å²) in [6, 6.07) is 0. The van der Waals surface area contributed by atoms with Crippen LogP contribution >= 0.6 is 0 Å². The number of hydrogen-bond donors (Lipinski definition) is 0. The second-order valence-electron chi connectivity index (χ2n) is 3.47. The minimum absolute atomic E-state index is 0. The molecular weight excluding hydrogens is 221 g/mol. The molecule has 1 aliphatic rings. The first-order valence-corrected chi connectivity index (χ1v) is 4.36. The molecule has 0 radical (unpaired) electrons. The molecule has 0 saturated carbocycles. The van der Waals surface area contributed by atoms with Gasteiger partial charge in [0.25, 0.3) is 0 Å². The summed E-state index contributed by atoms with van der Waals surface area (Å²) in [4.78, 5) is 12.3. The fraction of sp³-hybridized carbons (Fsp3) is 0.857. The van der Waals surface area contributed by atoms with Gasteiger partial charge in [0.15, 0.2) is 0 Å².